The molecule has 90 valence electrons. The Labute approximate surface area is 104 Å². The zero-order valence-corrected chi connectivity index (χ0v) is 9.91. The number of hydrogen-bond donors (Lipinski definition) is 1. The van der Waals surface area contributed by atoms with Crippen LogP contribution in [0, 0.1) is 12.7 Å². The van der Waals surface area contributed by atoms with E-state index in [1.807, 2.05) is 31.2 Å². The van der Waals surface area contributed by atoms with Gasteiger partial charge < -0.3 is 9.72 Å². The molecule has 0 amide bonds. The number of rotatable bonds is 2. The number of para-hydroxylation sites is 1. The maximum Gasteiger partial charge on any atom is 0.152 e. The molecule has 18 heavy (non-hydrogen) atoms. The molecule has 0 spiro atoms. The third kappa shape index (κ3) is 1.84. The minimum absolute atomic E-state index is 0.267. The molecule has 3 aromatic rings. The lowest BCUT2D eigenvalue weighted by atomic mass is 10.2. The van der Waals surface area contributed by atoms with Crippen molar-refractivity contribution in [2.24, 2.45) is 0 Å². The molecule has 0 aliphatic rings. The van der Waals surface area contributed by atoms with Crippen LogP contribution in [0.3, 0.4) is 0 Å². The molecule has 0 aliphatic carbocycles. The Kier molecular flexibility index (Phi) is 2.52. The van der Waals surface area contributed by atoms with Crippen molar-refractivity contribution in [3.8, 4) is 11.5 Å². The largest absolute Gasteiger partial charge is 0.455 e. The summed E-state index contributed by atoms with van der Waals surface area (Å²) in [6, 6.07) is 12.3. The van der Waals surface area contributed by atoms with Gasteiger partial charge >= 0.3 is 0 Å². The topological polar surface area (TPSA) is 25.0 Å². The summed E-state index contributed by atoms with van der Waals surface area (Å²) < 4.78 is 19.1. The highest BCUT2D eigenvalue weighted by molar-refractivity contribution is 5.86. The smallest absolute Gasteiger partial charge is 0.152 e. The Morgan fingerprint density at radius 3 is 2.72 bits per heavy atom. The van der Waals surface area contributed by atoms with E-state index in [0.717, 1.165) is 22.2 Å². The first-order chi connectivity index (χ1) is 8.74. The van der Waals surface area contributed by atoms with Crippen molar-refractivity contribution in [2.45, 2.75) is 6.92 Å². The zero-order chi connectivity index (χ0) is 12.5. The summed E-state index contributed by atoms with van der Waals surface area (Å²) in [6.45, 7) is 1.98. The van der Waals surface area contributed by atoms with E-state index in [2.05, 4.69) is 4.98 Å². The van der Waals surface area contributed by atoms with Gasteiger partial charge in [0.05, 0.1) is 0 Å². The molecule has 0 aliphatic heterocycles. The van der Waals surface area contributed by atoms with Gasteiger partial charge in [0.15, 0.2) is 5.75 Å². The van der Waals surface area contributed by atoms with Crippen LogP contribution in [0.5, 0.6) is 11.5 Å². The molecule has 0 bridgehead atoms. The van der Waals surface area contributed by atoms with Crippen molar-refractivity contribution in [3.05, 3.63) is 60.0 Å². The molecule has 0 fully saturated rings. The summed E-state index contributed by atoms with van der Waals surface area (Å²) >= 11 is 0. The molecule has 0 atom stereocenters. The molecule has 1 N–H and O–H groups in total. The molecule has 1 aromatic heterocycles. The highest BCUT2D eigenvalue weighted by Gasteiger charge is 2.08. The maximum absolute atomic E-state index is 13.2. The van der Waals surface area contributed by atoms with E-state index in [9.17, 15) is 4.39 Å². The maximum atomic E-state index is 13.2. The van der Waals surface area contributed by atoms with Crippen LogP contribution in [0.1, 0.15) is 5.56 Å². The Morgan fingerprint density at radius 1 is 1.06 bits per heavy atom. The van der Waals surface area contributed by atoms with E-state index in [0.29, 0.717) is 5.75 Å². The molecule has 1 heterocycles. The van der Waals surface area contributed by atoms with E-state index in [4.69, 9.17) is 4.74 Å². The number of aromatic nitrogens is 1. The predicted molar refractivity (Wildman–Crippen MR) is 69.5 cm³/mol. The normalized spacial score (nSPS) is 10.8. The quantitative estimate of drug-likeness (QED) is 0.706. The summed E-state index contributed by atoms with van der Waals surface area (Å²) in [5, 5.41) is 0.748. The molecule has 3 rings (SSSR count). The molecule has 2 aromatic carbocycles. The fraction of sp³-hybridized carbons (Fsp3) is 0.0667. The summed E-state index contributed by atoms with van der Waals surface area (Å²) in [4.78, 5) is 3.06. The molecule has 3 heteroatoms. The SMILES string of the molecule is Cc1ccccc1Oc1c[nH]c2ccc(F)cc12. The Bertz CT molecular complexity index is 703. The second-order valence-corrected chi connectivity index (χ2v) is 4.21. The molecule has 0 unspecified atom stereocenters. The highest BCUT2D eigenvalue weighted by Crippen LogP contribution is 2.31. The van der Waals surface area contributed by atoms with E-state index in [1.54, 1.807) is 12.3 Å². The number of hydrogen-bond acceptors (Lipinski definition) is 1. The number of aromatic amines is 1. The van der Waals surface area contributed by atoms with Gasteiger partial charge in [0, 0.05) is 17.1 Å². The van der Waals surface area contributed by atoms with Crippen molar-refractivity contribution in [1.82, 2.24) is 4.98 Å². The third-order valence-corrected chi connectivity index (χ3v) is 2.92. The van der Waals surface area contributed by atoms with Gasteiger partial charge in [-0.2, -0.15) is 0 Å². The monoisotopic (exact) mass is 241 g/mol. The molecule has 0 saturated carbocycles. The first-order valence-corrected chi connectivity index (χ1v) is 5.74. The van der Waals surface area contributed by atoms with Crippen LogP contribution in [0.2, 0.25) is 0 Å². The van der Waals surface area contributed by atoms with Gasteiger partial charge in [-0.15, -0.1) is 0 Å². The molecule has 2 nitrogen and oxygen atoms in total. The third-order valence-electron chi connectivity index (χ3n) is 2.92. The Morgan fingerprint density at radius 2 is 1.89 bits per heavy atom. The van der Waals surface area contributed by atoms with Gasteiger partial charge in [-0.05, 0) is 36.8 Å². The zero-order valence-electron chi connectivity index (χ0n) is 9.91. The molecule has 0 saturated heterocycles. The number of aryl methyl sites for hydroxylation is 1. The average molecular weight is 241 g/mol. The molecular formula is C15H12FNO. The van der Waals surface area contributed by atoms with E-state index in [1.165, 1.54) is 12.1 Å². The first-order valence-electron chi connectivity index (χ1n) is 5.74. The number of benzene rings is 2. The Hall–Kier alpha value is -2.29. The minimum atomic E-state index is -0.267. The van der Waals surface area contributed by atoms with E-state index in [-0.39, 0.29) is 5.82 Å². The molecule has 0 radical (unpaired) electrons. The Balaban J connectivity index is 2.05. The lowest BCUT2D eigenvalue weighted by Crippen LogP contribution is -1.86. The summed E-state index contributed by atoms with van der Waals surface area (Å²) in [5.74, 6) is 1.15. The number of H-pyrrole nitrogens is 1. The first kappa shape index (κ1) is 10.8. The predicted octanol–water partition coefficient (Wildman–Crippen LogP) is 4.41. The summed E-state index contributed by atoms with van der Waals surface area (Å²) in [7, 11) is 0. The van der Waals surface area contributed by atoms with Crippen molar-refractivity contribution in [1.29, 1.82) is 0 Å². The summed E-state index contributed by atoms with van der Waals surface area (Å²) in [6.07, 6.45) is 1.75. The van der Waals surface area contributed by atoms with Gasteiger partial charge in [-0.25, -0.2) is 4.39 Å². The average Bonchev–Trinajstić information content (AvgIpc) is 2.75. The summed E-state index contributed by atoms with van der Waals surface area (Å²) in [5.41, 5.74) is 1.91. The van der Waals surface area contributed by atoms with E-state index < -0.39 is 0 Å². The van der Waals surface area contributed by atoms with Gasteiger partial charge in [-0.1, -0.05) is 18.2 Å². The van der Waals surface area contributed by atoms with Gasteiger partial charge in [0.25, 0.3) is 0 Å². The van der Waals surface area contributed by atoms with Crippen molar-refractivity contribution in [3.63, 3.8) is 0 Å². The number of halogens is 1. The fourth-order valence-corrected chi connectivity index (χ4v) is 1.94. The van der Waals surface area contributed by atoms with Crippen LogP contribution in [0.4, 0.5) is 4.39 Å². The van der Waals surface area contributed by atoms with Gasteiger partial charge in [-0.3, -0.25) is 0 Å². The lowest BCUT2D eigenvalue weighted by Gasteiger charge is -2.06. The van der Waals surface area contributed by atoms with Crippen LogP contribution in [-0.2, 0) is 0 Å². The number of ether oxygens (including phenoxy) is 1. The van der Waals surface area contributed by atoms with E-state index >= 15 is 0 Å². The lowest BCUT2D eigenvalue weighted by molar-refractivity contribution is 0.484. The number of nitrogens with one attached hydrogen (secondary N) is 1. The van der Waals surface area contributed by atoms with Crippen molar-refractivity contribution in [2.75, 3.05) is 0 Å². The molecular weight excluding hydrogens is 229 g/mol. The van der Waals surface area contributed by atoms with Crippen LogP contribution < -0.4 is 4.74 Å². The van der Waals surface area contributed by atoms with Crippen LogP contribution >= 0.6 is 0 Å². The van der Waals surface area contributed by atoms with Gasteiger partial charge in [0.2, 0.25) is 0 Å². The minimum Gasteiger partial charge on any atom is -0.455 e. The second-order valence-electron chi connectivity index (χ2n) is 4.21. The second kappa shape index (κ2) is 4.18. The van der Waals surface area contributed by atoms with Gasteiger partial charge in [0.1, 0.15) is 11.6 Å². The van der Waals surface area contributed by atoms with Crippen LogP contribution in [0.25, 0.3) is 10.9 Å². The van der Waals surface area contributed by atoms with Crippen molar-refractivity contribution >= 4 is 10.9 Å². The van der Waals surface area contributed by atoms with Crippen molar-refractivity contribution < 1.29 is 9.13 Å². The number of fused-ring (bicyclic) bond motifs is 1. The standard InChI is InChI=1S/C15H12FNO/c1-10-4-2-3-5-14(10)18-15-9-17-13-7-6-11(16)8-12(13)15/h2-9,17H,1H3. The highest BCUT2D eigenvalue weighted by atomic mass is 19.1. The van der Waals surface area contributed by atoms with Crippen LogP contribution in [-0.4, -0.2) is 4.98 Å². The fourth-order valence-electron chi connectivity index (χ4n) is 1.94. The van der Waals surface area contributed by atoms with Crippen LogP contribution in [0.15, 0.2) is 48.7 Å².